The average Bonchev–Trinajstić information content (AvgIpc) is 2.61. The van der Waals surface area contributed by atoms with Gasteiger partial charge in [-0.15, -0.1) is 0 Å². The summed E-state index contributed by atoms with van der Waals surface area (Å²) in [5.74, 6) is -1.00. The lowest BCUT2D eigenvalue weighted by molar-refractivity contribution is 0.0697. The Morgan fingerprint density at radius 1 is 1.00 bits per heavy atom. The number of halogens is 1. The Balaban J connectivity index is 2.03. The highest BCUT2D eigenvalue weighted by atomic mass is 35.5. The number of nitrogens with zero attached hydrogens (tertiary/aromatic N) is 2. The highest BCUT2D eigenvalue weighted by Gasteiger charge is 2.16. The summed E-state index contributed by atoms with van der Waals surface area (Å²) in [6, 6.07) is 10.7. The number of pyridine rings is 2. The molecule has 0 aliphatic heterocycles. The molecule has 2 heterocycles. The van der Waals surface area contributed by atoms with Crippen LogP contribution in [-0.4, -0.2) is 21.0 Å². The number of benzene rings is 1. The van der Waals surface area contributed by atoms with Gasteiger partial charge in [-0.25, -0.2) is 4.79 Å². The largest absolute Gasteiger partial charge is 0.478 e. The molecule has 5 heteroatoms. The molecule has 0 saturated heterocycles. The lowest BCUT2D eigenvalue weighted by atomic mass is 9.90. The van der Waals surface area contributed by atoms with Crippen LogP contribution in [0.2, 0.25) is 5.02 Å². The van der Waals surface area contributed by atoms with Crippen LogP contribution in [0.4, 0.5) is 0 Å². The number of hydrogen-bond donors (Lipinski definition) is 1. The maximum atomic E-state index is 11.1. The van der Waals surface area contributed by atoms with Gasteiger partial charge < -0.3 is 5.11 Å². The Hall–Kier alpha value is -2.72. The molecule has 3 aromatic rings. The molecule has 2 aromatic heterocycles. The van der Waals surface area contributed by atoms with Crippen molar-refractivity contribution >= 4 is 17.6 Å². The van der Waals surface area contributed by atoms with E-state index in [1.165, 1.54) is 6.07 Å². The Bertz CT molecular complexity index is 978. The Morgan fingerprint density at radius 2 is 1.73 bits per heavy atom. The van der Waals surface area contributed by atoms with E-state index in [1.807, 2.05) is 12.1 Å². The molecule has 0 aliphatic carbocycles. The summed E-state index contributed by atoms with van der Waals surface area (Å²) in [6.07, 6.45) is 5.32. The maximum absolute atomic E-state index is 11.1. The third-order valence-corrected chi connectivity index (χ3v) is 4.44. The summed E-state index contributed by atoms with van der Waals surface area (Å²) in [6.45, 7) is 6.37. The second-order valence-corrected chi connectivity index (χ2v) is 7.55. The highest BCUT2D eigenvalue weighted by Crippen LogP contribution is 2.32. The van der Waals surface area contributed by atoms with Crippen molar-refractivity contribution < 1.29 is 9.90 Å². The molecule has 0 saturated carbocycles. The summed E-state index contributed by atoms with van der Waals surface area (Å²) in [4.78, 5) is 19.9. The predicted octanol–water partition coefficient (Wildman–Crippen LogP) is 5.46. The number of aromatic carboxylic acids is 1. The van der Waals surface area contributed by atoms with E-state index in [0.717, 1.165) is 27.9 Å². The first kappa shape index (κ1) is 18.1. The van der Waals surface area contributed by atoms with Gasteiger partial charge in [-0.3, -0.25) is 9.97 Å². The van der Waals surface area contributed by atoms with Gasteiger partial charge in [0.25, 0.3) is 0 Å². The van der Waals surface area contributed by atoms with Crippen LogP contribution in [0, 0.1) is 0 Å². The van der Waals surface area contributed by atoms with Gasteiger partial charge in [0.05, 0.1) is 5.56 Å². The van der Waals surface area contributed by atoms with E-state index in [1.54, 1.807) is 30.7 Å². The second-order valence-electron chi connectivity index (χ2n) is 7.14. The molecule has 0 fully saturated rings. The van der Waals surface area contributed by atoms with Crippen LogP contribution in [-0.2, 0) is 5.41 Å². The summed E-state index contributed by atoms with van der Waals surface area (Å²) < 4.78 is 0. The topological polar surface area (TPSA) is 63.1 Å². The maximum Gasteiger partial charge on any atom is 0.335 e. The van der Waals surface area contributed by atoms with Gasteiger partial charge in [0.1, 0.15) is 0 Å². The molecule has 0 radical (unpaired) electrons. The predicted molar refractivity (Wildman–Crippen MR) is 104 cm³/mol. The van der Waals surface area contributed by atoms with Gasteiger partial charge in [-0.2, -0.15) is 0 Å². The number of carboxylic acids is 1. The summed E-state index contributed by atoms with van der Waals surface area (Å²) in [5, 5.41) is 9.46. The zero-order chi connectivity index (χ0) is 18.9. The van der Waals surface area contributed by atoms with Gasteiger partial charge in [-0.1, -0.05) is 38.4 Å². The van der Waals surface area contributed by atoms with Crippen molar-refractivity contribution in [3.8, 4) is 22.3 Å². The molecule has 26 heavy (non-hydrogen) atoms. The number of carboxylic acid groups (broad SMARTS) is 1. The number of hydrogen-bond acceptors (Lipinski definition) is 3. The minimum absolute atomic E-state index is 0.0446. The first-order chi connectivity index (χ1) is 12.3. The minimum Gasteiger partial charge on any atom is -0.478 e. The van der Waals surface area contributed by atoms with E-state index in [9.17, 15) is 4.79 Å². The first-order valence-electron chi connectivity index (χ1n) is 8.21. The van der Waals surface area contributed by atoms with E-state index in [2.05, 4.69) is 36.8 Å². The molecule has 0 aliphatic rings. The number of rotatable bonds is 3. The third kappa shape index (κ3) is 3.75. The highest BCUT2D eigenvalue weighted by molar-refractivity contribution is 6.33. The molecule has 0 spiro atoms. The van der Waals surface area contributed by atoms with Crippen LogP contribution in [0.5, 0.6) is 0 Å². The number of aromatic nitrogens is 2. The SMILES string of the molecule is CC(C)(C)c1cc(-c2cncc(-c3ccc(C(=O)O)cc3Cl)c2)ccn1. The Labute approximate surface area is 157 Å². The van der Waals surface area contributed by atoms with Crippen molar-refractivity contribution in [3.05, 3.63) is 71.3 Å². The van der Waals surface area contributed by atoms with Crippen LogP contribution < -0.4 is 0 Å². The van der Waals surface area contributed by atoms with Crippen LogP contribution in [0.1, 0.15) is 36.8 Å². The van der Waals surface area contributed by atoms with Gasteiger partial charge in [0.15, 0.2) is 0 Å². The summed E-state index contributed by atoms with van der Waals surface area (Å²) in [7, 11) is 0. The van der Waals surface area contributed by atoms with E-state index < -0.39 is 5.97 Å². The fraction of sp³-hybridized carbons (Fsp3) is 0.190. The molecule has 1 aromatic carbocycles. The van der Waals surface area contributed by atoms with Crippen molar-refractivity contribution in [2.24, 2.45) is 0 Å². The molecule has 0 atom stereocenters. The van der Waals surface area contributed by atoms with Crippen molar-refractivity contribution in [1.82, 2.24) is 9.97 Å². The molecular weight excluding hydrogens is 348 g/mol. The molecule has 3 rings (SSSR count). The van der Waals surface area contributed by atoms with Crippen LogP contribution in [0.25, 0.3) is 22.3 Å². The fourth-order valence-electron chi connectivity index (χ4n) is 2.65. The summed E-state index contributed by atoms with van der Waals surface area (Å²) >= 11 is 6.29. The lowest BCUT2D eigenvalue weighted by Crippen LogP contribution is -2.13. The van der Waals surface area contributed by atoms with Crippen molar-refractivity contribution in [1.29, 1.82) is 0 Å². The smallest absolute Gasteiger partial charge is 0.335 e. The Morgan fingerprint density at radius 3 is 2.38 bits per heavy atom. The standard InChI is InChI=1S/C21H19ClN2O2/c1-21(2,3)19-10-13(6-7-24-19)15-8-16(12-23-11-15)17-5-4-14(20(25)26)9-18(17)22/h4-12H,1-3H3,(H,25,26). The van der Waals surface area contributed by atoms with Crippen LogP contribution >= 0.6 is 11.6 Å². The average molecular weight is 367 g/mol. The molecule has 0 unspecified atom stereocenters. The third-order valence-electron chi connectivity index (χ3n) is 4.13. The lowest BCUT2D eigenvalue weighted by Gasteiger charge is -2.18. The van der Waals surface area contributed by atoms with Gasteiger partial charge in [0, 0.05) is 51.4 Å². The zero-order valence-corrected chi connectivity index (χ0v) is 15.6. The Kier molecular flexibility index (Phi) is 4.79. The molecular formula is C21H19ClN2O2. The van der Waals surface area contributed by atoms with E-state index in [4.69, 9.17) is 16.7 Å². The summed E-state index contributed by atoms with van der Waals surface area (Å²) in [5.41, 5.74) is 4.67. The van der Waals surface area contributed by atoms with E-state index in [-0.39, 0.29) is 11.0 Å². The normalized spacial score (nSPS) is 11.4. The van der Waals surface area contributed by atoms with Crippen LogP contribution in [0.3, 0.4) is 0 Å². The van der Waals surface area contributed by atoms with E-state index in [0.29, 0.717) is 5.02 Å². The van der Waals surface area contributed by atoms with Crippen molar-refractivity contribution in [3.63, 3.8) is 0 Å². The zero-order valence-electron chi connectivity index (χ0n) is 14.8. The molecule has 4 nitrogen and oxygen atoms in total. The fourth-order valence-corrected chi connectivity index (χ4v) is 2.94. The monoisotopic (exact) mass is 366 g/mol. The minimum atomic E-state index is -1.00. The van der Waals surface area contributed by atoms with Crippen molar-refractivity contribution in [2.45, 2.75) is 26.2 Å². The first-order valence-corrected chi connectivity index (χ1v) is 8.58. The van der Waals surface area contributed by atoms with Gasteiger partial charge in [-0.05, 0) is 35.9 Å². The molecule has 0 bridgehead atoms. The molecule has 1 N–H and O–H groups in total. The van der Waals surface area contributed by atoms with E-state index >= 15 is 0 Å². The van der Waals surface area contributed by atoms with Gasteiger partial charge in [0.2, 0.25) is 0 Å². The quantitative estimate of drug-likeness (QED) is 0.668. The molecule has 132 valence electrons. The number of carbonyl (C=O) groups is 1. The van der Waals surface area contributed by atoms with Crippen LogP contribution in [0.15, 0.2) is 55.0 Å². The molecule has 0 amide bonds. The second kappa shape index (κ2) is 6.89. The van der Waals surface area contributed by atoms with Crippen molar-refractivity contribution in [2.75, 3.05) is 0 Å². The van der Waals surface area contributed by atoms with Gasteiger partial charge >= 0.3 is 5.97 Å².